The minimum absolute atomic E-state index is 0.136. The fourth-order valence-electron chi connectivity index (χ4n) is 1.41. The van der Waals surface area contributed by atoms with Crippen LogP contribution in [0.25, 0.3) is 0 Å². The Hall–Kier alpha value is -1.59. The molecule has 0 aliphatic rings. The first-order chi connectivity index (χ1) is 8.58. The first-order valence-electron chi connectivity index (χ1n) is 4.94. The van der Waals surface area contributed by atoms with Crippen LogP contribution in [0.5, 0.6) is 0 Å². The predicted octanol–water partition coefficient (Wildman–Crippen LogP) is 4.54. The molecule has 0 saturated carbocycles. The Morgan fingerprint density at radius 2 is 1.89 bits per heavy atom. The first kappa shape index (κ1) is 12.9. The third kappa shape index (κ3) is 2.80. The number of hydrogen-bond donors (Lipinski definition) is 0. The van der Waals surface area contributed by atoms with E-state index in [0.29, 0.717) is 0 Å². The maximum absolute atomic E-state index is 13.5. The van der Waals surface area contributed by atoms with Crippen LogP contribution in [-0.4, -0.2) is 4.92 Å². The molecule has 0 amide bonds. The Bertz CT molecular complexity index is 592. The highest BCUT2D eigenvalue weighted by molar-refractivity contribution is 7.99. The summed E-state index contributed by atoms with van der Waals surface area (Å²) in [7, 11) is 0. The lowest BCUT2D eigenvalue weighted by Crippen LogP contribution is -1.95. The number of rotatable bonds is 3. The van der Waals surface area contributed by atoms with Gasteiger partial charge in [-0.25, -0.2) is 0 Å². The Morgan fingerprint density at radius 1 is 1.22 bits per heavy atom. The molecule has 2 aromatic carbocycles. The summed E-state index contributed by atoms with van der Waals surface area (Å²) in [6.07, 6.45) is 0. The summed E-state index contributed by atoms with van der Waals surface area (Å²) < 4.78 is 13.5. The van der Waals surface area contributed by atoms with Crippen LogP contribution in [0, 0.1) is 15.9 Å². The maximum Gasteiger partial charge on any atom is 0.318 e. The third-order valence-electron chi connectivity index (χ3n) is 2.15. The molecule has 18 heavy (non-hydrogen) atoms. The number of benzene rings is 2. The number of hydrogen-bond acceptors (Lipinski definition) is 3. The molecule has 0 aliphatic carbocycles. The lowest BCUT2D eigenvalue weighted by Gasteiger charge is -2.04. The number of nitro benzene ring substituents is 1. The van der Waals surface area contributed by atoms with Gasteiger partial charge in [-0.15, -0.1) is 0 Å². The third-order valence-corrected chi connectivity index (χ3v) is 3.40. The summed E-state index contributed by atoms with van der Waals surface area (Å²) in [5.41, 5.74) is -0.548. The van der Waals surface area contributed by atoms with Crippen LogP contribution < -0.4 is 0 Å². The van der Waals surface area contributed by atoms with Crippen molar-refractivity contribution in [3.63, 3.8) is 0 Å². The smallest absolute Gasteiger partial charge is 0.258 e. The fraction of sp³-hybridized carbons (Fsp3) is 0. The Kier molecular flexibility index (Phi) is 3.84. The molecule has 0 aromatic heterocycles. The molecular formula is C12H7ClFNO2S. The summed E-state index contributed by atoms with van der Waals surface area (Å²) in [5.74, 6) is -0.925. The second kappa shape index (κ2) is 5.37. The monoisotopic (exact) mass is 283 g/mol. The van der Waals surface area contributed by atoms with Gasteiger partial charge >= 0.3 is 5.69 Å². The molecule has 0 unspecified atom stereocenters. The van der Waals surface area contributed by atoms with Gasteiger partial charge < -0.3 is 0 Å². The zero-order valence-electron chi connectivity index (χ0n) is 8.97. The molecule has 2 aromatic rings. The molecule has 0 heterocycles. The summed E-state index contributed by atoms with van der Waals surface area (Å²) in [6, 6.07) is 11.3. The summed E-state index contributed by atoms with van der Waals surface area (Å²) in [4.78, 5) is 11.1. The van der Waals surface area contributed by atoms with Crippen molar-refractivity contribution in [2.45, 2.75) is 9.79 Å². The van der Waals surface area contributed by atoms with Crippen LogP contribution in [0.4, 0.5) is 10.1 Å². The molecule has 92 valence electrons. The molecular weight excluding hydrogens is 277 g/mol. The number of halogens is 2. The molecule has 0 bridgehead atoms. The normalized spacial score (nSPS) is 10.3. The number of nitro groups is 1. The zero-order chi connectivity index (χ0) is 13.1. The SMILES string of the molecule is O=[N+]([O-])c1c(F)cc(Cl)cc1Sc1ccccc1. The largest absolute Gasteiger partial charge is 0.318 e. The first-order valence-corrected chi connectivity index (χ1v) is 6.13. The van der Waals surface area contributed by atoms with Gasteiger partial charge in [0.2, 0.25) is 5.82 Å². The van der Waals surface area contributed by atoms with Crippen molar-refractivity contribution in [2.24, 2.45) is 0 Å². The molecule has 0 spiro atoms. The van der Waals surface area contributed by atoms with Gasteiger partial charge in [0.05, 0.1) is 9.82 Å². The topological polar surface area (TPSA) is 43.1 Å². The van der Waals surface area contributed by atoms with Crippen LogP contribution in [-0.2, 0) is 0 Å². The lowest BCUT2D eigenvalue weighted by molar-refractivity contribution is -0.390. The van der Waals surface area contributed by atoms with Crippen molar-refractivity contribution < 1.29 is 9.31 Å². The Labute approximate surface area is 112 Å². The molecule has 3 nitrogen and oxygen atoms in total. The Morgan fingerprint density at radius 3 is 2.50 bits per heavy atom. The summed E-state index contributed by atoms with van der Waals surface area (Å²) >= 11 is 6.82. The van der Waals surface area contributed by atoms with Gasteiger partial charge in [-0.05, 0) is 24.3 Å². The van der Waals surface area contributed by atoms with E-state index in [4.69, 9.17) is 11.6 Å². The standard InChI is InChI=1S/C12H7ClFNO2S/c13-8-6-10(14)12(15(16)17)11(7-8)18-9-4-2-1-3-5-9/h1-7H. The second-order valence-corrected chi connectivity index (χ2v) is 4.96. The molecule has 0 N–H and O–H groups in total. The predicted molar refractivity (Wildman–Crippen MR) is 68.6 cm³/mol. The van der Waals surface area contributed by atoms with Gasteiger partial charge in [0.25, 0.3) is 0 Å². The van der Waals surface area contributed by atoms with Crippen molar-refractivity contribution >= 4 is 29.1 Å². The van der Waals surface area contributed by atoms with Crippen molar-refractivity contribution in [2.75, 3.05) is 0 Å². The fourth-order valence-corrected chi connectivity index (χ4v) is 2.68. The minimum atomic E-state index is -0.925. The van der Waals surface area contributed by atoms with E-state index >= 15 is 0 Å². The average Bonchev–Trinajstić information content (AvgIpc) is 2.28. The van der Waals surface area contributed by atoms with Gasteiger partial charge in [-0.1, -0.05) is 41.6 Å². The molecule has 0 aliphatic heterocycles. The van der Waals surface area contributed by atoms with E-state index in [1.165, 1.54) is 6.07 Å². The summed E-state index contributed by atoms with van der Waals surface area (Å²) in [5, 5.41) is 11.0. The van der Waals surface area contributed by atoms with E-state index in [2.05, 4.69) is 0 Å². The minimum Gasteiger partial charge on any atom is -0.258 e. The van der Waals surface area contributed by atoms with Gasteiger partial charge in [-0.2, -0.15) is 4.39 Å². The van der Waals surface area contributed by atoms with Gasteiger partial charge in [0.1, 0.15) is 0 Å². The molecule has 6 heteroatoms. The van der Waals surface area contributed by atoms with Gasteiger partial charge in [-0.3, -0.25) is 10.1 Å². The van der Waals surface area contributed by atoms with Gasteiger partial charge in [0.15, 0.2) is 0 Å². The molecule has 0 atom stereocenters. The highest BCUT2D eigenvalue weighted by Gasteiger charge is 2.22. The van der Waals surface area contributed by atoms with E-state index in [0.717, 1.165) is 22.7 Å². The van der Waals surface area contributed by atoms with Crippen LogP contribution in [0.15, 0.2) is 52.3 Å². The van der Waals surface area contributed by atoms with Crippen molar-refractivity contribution in [1.29, 1.82) is 0 Å². The van der Waals surface area contributed by atoms with Crippen LogP contribution in [0.2, 0.25) is 5.02 Å². The van der Waals surface area contributed by atoms with Crippen molar-refractivity contribution in [1.82, 2.24) is 0 Å². The molecule has 2 rings (SSSR count). The average molecular weight is 284 g/mol. The molecule has 0 radical (unpaired) electrons. The summed E-state index contributed by atoms with van der Waals surface area (Å²) in [6.45, 7) is 0. The second-order valence-electron chi connectivity index (χ2n) is 3.41. The maximum atomic E-state index is 13.5. The zero-order valence-corrected chi connectivity index (χ0v) is 10.5. The van der Waals surface area contributed by atoms with Crippen LogP contribution in [0.3, 0.4) is 0 Å². The number of nitrogens with zero attached hydrogens (tertiary/aromatic N) is 1. The van der Waals surface area contributed by atoms with Crippen LogP contribution in [0.1, 0.15) is 0 Å². The molecule has 0 fully saturated rings. The van der Waals surface area contributed by atoms with E-state index in [1.54, 1.807) is 24.3 Å². The van der Waals surface area contributed by atoms with E-state index in [-0.39, 0.29) is 9.92 Å². The van der Waals surface area contributed by atoms with E-state index in [1.807, 2.05) is 6.07 Å². The van der Waals surface area contributed by atoms with E-state index in [9.17, 15) is 14.5 Å². The van der Waals surface area contributed by atoms with Gasteiger partial charge in [0, 0.05) is 9.92 Å². The highest BCUT2D eigenvalue weighted by Crippen LogP contribution is 2.38. The highest BCUT2D eigenvalue weighted by atomic mass is 35.5. The quantitative estimate of drug-likeness (QED) is 0.613. The molecule has 0 saturated heterocycles. The van der Waals surface area contributed by atoms with Crippen LogP contribution >= 0.6 is 23.4 Å². The van der Waals surface area contributed by atoms with Crippen molar-refractivity contribution in [3.8, 4) is 0 Å². The van der Waals surface area contributed by atoms with Crippen molar-refractivity contribution in [3.05, 3.63) is 63.4 Å². The lowest BCUT2D eigenvalue weighted by atomic mass is 10.3. The van der Waals surface area contributed by atoms with E-state index < -0.39 is 16.4 Å². The Balaban J connectivity index is 2.46.